The molecule has 4 nitrogen and oxygen atoms in total. The number of hydrogen-bond acceptors (Lipinski definition) is 3. The summed E-state index contributed by atoms with van der Waals surface area (Å²) in [5.74, 6) is -0.405. The van der Waals surface area contributed by atoms with Gasteiger partial charge in [0, 0.05) is 26.4 Å². The van der Waals surface area contributed by atoms with E-state index in [1.165, 1.54) is 6.07 Å². The summed E-state index contributed by atoms with van der Waals surface area (Å²) in [6.45, 7) is 2.57. The van der Waals surface area contributed by atoms with Crippen molar-refractivity contribution in [2.24, 2.45) is 0 Å². The third kappa shape index (κ3) is 4.03. The van der Waals surface area contributed by atoms with Crippen molar-refractivity contribution in [2.45, 2.75) is 13.1 Å². The maximum absolute atomic E-state index is 13.3. The first-order valence-electron chi connectivity index (χ1n) is 6.35. The second-order valence-electron chi connectivity index (χ2n) is 4.39. The van der Waals surface area contributed by atoms with Crippen molar-refractivity contribution in [1.29, 1.82) is 0 Å². The van der Waals surface area contributed by atoms with Crippen LogP contribution in [0, 0.1) is 5.82 Å². The predicted octanol–water partition coefficient (Wildman–Crippen LogP) is 2.46. The Balaban J connectivity index is 1.94. The molecule has 20 heavy (non-hydrogen) atoms. The van der Waals surface area contributed by atoms with E-state index in [1.807, 2.05) is 12.3 Å². The lowest BCUT2D eigenvalue weighted by molar-refractivity contribution is 0.199. The molecular weight excluding hydrogens is 281 g/mol. The summed E-state index contributed by atoms with van der Waals surface area (Å²) in [5.41, 5.74) is 1.64. The van der Waals surface area contributed by atoms with E-state index in [0.717, 1.165) is 12.2 Å². The van der Waals surface area contributed by atoms with Gasteiger partial charge in [0.05, 0.1) is 23.9 Å². The molecular formula is C14H17ClFN3O. The van der Waals surface area contributed by atoms with Crippen LogP contribution in [0.5, 0.6) is 0 Å². The van der Waals surface area contributed by atoms with E-state index >= 15 is 0 Å². The van der Waals surface area contributed by atoms with Gasteiger partial charge in [0.1, 0.15) is 5.82 Å². The molecule has 0 aliphatic rings. The van der Waals surface area contributed by atoms with Crippen LogP contribution in [0.3, 0.4) is 0 Å². The van der Waals surface area contributed by atoms with Gasteiger partial charge in [0.25, 0.3) is 0 Å². The average Bonchev–Trinajstić information content (AvgIpc) is 2.88. The highest BCUT2D eigenvalue weighted by molar-refractivity contribution is 6.31. The number of aromatic nitrogens is 2. The first kappa shape index (κ1) is 15.0. The number of hydrogen-bond donors (Lipinski definition) is 1. The van der Waals surface area contributed by atoms with Crippen LogP contribution in [0.1, 0.15) is 11.3 Å². The van der Waals surface area contributed by atoms with E-state index < -0.39 is 5.82 Å². The van der Waals surface area contributed by atoms with Gasteiger partial charge in [-0.05, 0) is 17.7 Å². The number of nitrogens with one attached hydrogen (secondary N) is 1. The number of methoxy groups -OCH3 is 1. The Morgan fingerprint density at radius 2 is 2.25 bits per heavy atom. The van der Waals surface area contributed by atoms with Crippen LogP contribution in [0.2, 0.25) is 5.02 Å². The summed E-state index contributed by atoms with van der Waals surface area (Å²) >= 11 is 5.93. The van der Waals surface area contributed by atoms with Crippen LogP contribution in [0.25, 0.3) is 0 Å². The van der Waals surface area contributed by atoms with Crippen molar-refractivity contribution in [1.82, 2.24) is 15.1 Å². The Kier molecular flexibility index (Phi) is 5.52. The van der Waals surface area contributed by atoms with Crippen LogP contribution in [0.4, 0.5) is 4.39 Å². The van der Waals surface area contributed by atoms with Crippen molar-refractivity contribution < 1.29 is 9.13 Å². The highest BCUT2D eigenvalue weighted by Gasteiger charge is 2.07. The van der Waals surface area contributed by atoms with Crippen LogP contribution in [0.15, 0.2) is 30.5 Å². The second kappa shape index (κ2) is 7.38. The number of benzene rings is 1. The fraction of sp³-hybridized carbons (Fsp3) is 0.357. The van der Waals surface area contributed by atoms with Crippen molar-refractivity contribution >= 4 is 11.6 Å². The van der Waals surface area contributed by atoms with Crippen molar-refractivity contribution in [3.63, 3.8) is 0 Å². The molecule has 0 unspecified atom stereocenters. The van der Waals surface area contributed by atoms with Gasteiger partial charge in [0.2, 0.25) is 0 Å². The molecule has 6 heteroatoms. The first-order chi connectivity index (χ1) is 9.70. The van der Waals surface area contributed by atoms with E-state index in [-0.39, 0.29) is 5.02 Å². The van der Waals surface area contributed by atoms with Crippen LogP contribution >= 0.6 is 11.6 Å². The monoisotopic (exact) mass is 297 g/mol. The van der Waals surface area contributed by atoms with Gasteiger partial charge in [-0.25, -0.2) is 4.39 Å². The molecule has 0 aliphatic heterocycles. The molecule has 0 spiro atoms. The molecule has 0 saturated heterocycles. The van der Waals surface area contributed by atoms with Crippen LogP contribution < -0.4 is 5.32 Å². The number of halogens is 2. The zero-order chi connectivity index (χ0) is 14.4. The molecule has 0 atom stereocenters. The molecule has 0 saturated carbocycles. The number of rotatable bonds is 7. The number of nitrogens with zero attached hydrogens (tertiary/aromatic N) is 2. The van der Waals surface area contributed by atoms with Crippen LogP contribution in [-0.4, -0.2) is 30.0 Å². The highest BCUT2D eigenvalue weighted by Crippen LogP contribution is 2.20. The topological polar surface area (TPSA) is 39.1 Å². The van der Waals surface area contributed by atoms with Gasteiger partial charge < -0.3 is 10.1 Å². The summed E-state index contributed by atoms with van der Waals surface area (Å²) in [6, 6.07) is 6.71. The molecule has 1 heterocycles. The predicted molar refractivity (Wildman–Crippen MR) is 76.3 cm³/mol. The van der Waals surface area contributed by atoms with Crippen molar-refractivity contribution in [3.05, 3.63) is 52.6 Å². The molecule has 1 aromatic heterocycles. The molecule has 0 fully saturated rings. The largest absolute Gasteiger partial charge is 0.383 e. The van der Waals surface area contributed by atoms with Gasteiger partial charge in [-0.3, -0.25) is 4.68 Å². The van der Waals surface area contributed by atoms with Crippen LogP contribution in [-0.2, 0) is 17.8 Å². The van der Waals surface area contributed by atoms with Gasteiger partial charge in [-0.15, -0.1) is 0 Å². The fourth-order valence-corrected chi connectivity index (χ4v) is 2.01. The lowest BCUT2D eigenvalue weighted by Crippen LogP contribution is -2.19. The van der Waals surface area contributed by atoms with Crippen molar-refractivity contribution in [2.75, 3.05) is 20.3 Å². The summed E-state index contributed by atoms with van der Waals surface area (Å²) in [5, 5.41) is 7.77. The van der Waals surface area contributed by atoms with Gasteiger partial charge >= 0.3 is 0 Å². The molecule has 0 amide bonds. The zero-order valence-electron chi connectivity index (χ0n) is 11.3. The number of ether oxygens (including phenoxy) is 1. The highest BCUT2D eigenvalue weighted by atomic mass is 35.5. The van der Waals surface area contributed by atoms with E-state index in [2.05, 4.69) is 10.4 Å². The minimum absolute atomic E-state index is 0.155. The summed E-state index contributed by atoms with van der Waals surface area (Å²) < 4.78 is 20.0. The molecule has 108 valence electrons. The molecule has 0 radical (unpaired) electrons. The molecule has 0 aliphatic carbocycles. The van der Waals surface area contributed by atoms with E-state index in [0.29, 0.717) is 25.3 Å². The summed E-state index contributed by atoms with van der Waals surface area (Å²) in [4.78, 5) is 0. The van der Waals surface area contributed by atoms with E-state index in [4.69, 9.17) is 16.3 Å². The Morgan fingerprint density at radius 3 is 3.05 bits per heavy atom. The van der Waals surface area contributed by atoms with E-state index in [1.54, 1.807) is 23.9 Å². The second-order valence-corrected chi connectivity index (χ2v) is 4.77. The fourth-order valence-electron chi connectivity index (χ4n) is 1.82. The van der Waals surface area contributed by atoms with Crippen molar-refractivity contribution in [3.8, 4) is 0 Å². The standard InChI is InChI=1S/C14H17ClFN3O/c1-20-8-6-17-9-12-5-7-19(18-12)10-11-3-2-4-13(16)14(11)15/h2-5,7,17H,6,8-10H2,1H3. The van der Waals surface area contributed by atoms with E-state index in [9.17, 15) is 4.39 Å². The third-order valence-corrected chi connectivity index (χ3v) is 3.27. The van der Waals surface area contributed by atoms with Gasteiger partial charge in [-0.2, -0.15) is 5.10 Å². The summed E-state index contributed by atoms with van der Waals surface area (Å²) in [7, 11) is 1.67. The Hall–Kier alpha value is -1.43. The quantitative estimate of drug-likeness (QED) is 0.798. The molecule has 1 N–H and O–H groups in total. The first-order valence-corrected chi connectivity index (χ1v) is 6.73. The average molecular weight is 298 g/mol. The molecule has 0 bridgehead atoms. The normalized spacial score (nSPS) is 10.9. The summed E-state index contributed by atoms with van der Waals surface area (Å²) in [6.07, 6.45) is 1.86. The Labute approximate surface area is 122 Å². The molecule has 2 rings (SSSR count). The SMILES string of the molecule is COCCNCc1ccn(Cc2cccc(F)c2Cl)n1. The van der Waals surface area contributed by atoms with Gasteiger partial charge in [-0.1, -0.05) is 23.7 Å². The Morgan fingerprint density at radius 1 is 1.40 bits per heavy atom. The molecule has 2 aromatic rings. The third-order valence-electron chi connectivity index (χ3n) is 2.85. The van der Waals surface area contributed by atoms with Gasteiger partial charge in [0.15, 0.2) is 0 Å². The maximum Gasteiger partial charge on any atom is 0.142 e. The lowest BCUT2D eigenvalue weighted by atomic mass is 10.2. The Bertz CT molecular complexity index is 559. The molecule has 1 aromatic carbocycles. The minimum atomic E-state index is -0.405. The zero-order valence-corrected chi connectivity index (χ0v) is 12.0. The lowest BCUT2D eigenvalue weighted by Gasteiger charge is -2.05. The smallest absolute Gasteiger partial charge is 0.142 e. The maximum atomic E-state index is 13.3. The minimum Gasteiger partial charge on any atom is -0.383 e.